The van der Waals surface area contributed by atoms with E-state index in [0.717, 1.165) is 11.5 Å². The molecule has 0 aliphatic heterocycles. The van der Waals surface area contributed by atoms with Crippen molar-refractivity contribution in [1.82, 2.24) is 9.97 Å². The van der Waals surface area contributed by atoms with E-state index in [1.807, 2.05) is 18.4 Å². The molecule has 5 nitrogen and oxygen atoms in total. The van der Waals surface area contributed by atoms with E-state index < -0.39 is 0 Å². The highest BCUT2D eigenvalue weighted by Gasteiger charge is 2.07. The van der Waals surface area contributed by atoms with Gasteiger partial charge in [0.05, 0.1) is 12.1 Å². The highest BCUT2D eigenvalue weighted by molar-refractivity contribution is 7.13. The first-order chi connectivity index (χ1) is 8.95. The van der Waals surface area contributed by atoms with Crippen LogP contribution in [-0.4, -0.2) is 15.9 Å². The van der Waals surface area contributed by atoms with Crippen LogP contribution in [0, 0.1) is 20.8 Å². The molecule has 2 aromatic heterocycles. The van der Waals surface area contributed by atoms with Crippen LogP contribution in [0.2, 0.25) is 0 Å². The monoisotopic (exact) mass is 276 g/mol. The maximum Gasteiger partial charge on any atom is 0.223 e. The molecule has 0 fully saturated rings. The van der Waals surface area contributed by atoms with Gasteiger partial charge in [-0.15, -0.1) is 11.3 Å². The lowest BCUT2D eigenvalue weighted by molar-refractivity contribution is -0.117. The molecule has 2 rings (SSSR count). The zero-order valence-electron chi connectivity index (χ0n) is 11.2. The number of carbonyl (C=O) groups excluding carboxylic acids is 1. The van der Waals surface area contributed by atoms with Crippen molar-refractivity contribution >= 4 is 28.2 Å². The third-order valence-corrected chi connectivity index (χ3v) is 3.72. The van der Waals surface area contributed by atoms with Crippen molar-refractivity contribution in [3.05, 3.63) is 34.0 Å². The molecule has 3 N–H and O–H groups in total. The number of hydrogen-bond donors (Lipinski definition) is 2. The molecule has 6 heteroatoms. The van der Waals surface area contributed by atoms with Crippen LogP contribution in [0.25, 0.3) is 0 Å². The molecule has 100 valence electrons. The number of carbonyl (C=O) groups is 1. The molecule has 0 spiro atoms. The molecule has 0 saturated heterocycles. The van der Waals surface area contributed by atoms with Gasteiger partial charge in [-0.25, -0.2) is 9.97 Å². The molecule has 0 unspecified atom stereocenters. The van der Waals surface area contributed by atoms with Gasteiger partial charge in [0, 0.05) is 11.1 Å². The van der Waals surface area contributed by atoms with Gasteiger partial charge in [-0.2, -0.15) is 0 Å². The Balaban J connectivity index is 2.17. The summed E-state index contributed by atoms with van der Waals surface area (Å²) in [5, 5.41) is 5.69. The number of aromatic nitrogens is 2. The van der Waals surface area contributed by atoms with Crippen molar-refractivity contribution in [3.63, 3.8) is 0 Å². The number of nitrogens with two attached hydrogens (primary N) is 1. The SMILES string of the molecule is Cc1cc(Nc2nc(CC(N)=O)cs2)nc(C)c1C. The van der Waals surface area contributed by atoms with E-state index in [0.29, 0.717) is 10.8 Å². The Labute approximate surface area is 115 Å². The van der Waals surface area contributed by atoms with Crippen LogP contribution >= 0.6 is 11.3 Å². The van der Waals surface area contributed by atoms with Crippen LogP contribution in [0.15, 0.2) is 11.4 Å². The minimum Gasteiger partial charge on any atom is -0.369 e. The van der Waals surface area contributed by atoms with Gasteiger partial charge in [0.1, 0.15) is 5.82 Å². The summed E-state index contributed by atoms with van der Waals surface area (Å²) >= 11 is 1.43. The van der Waals surface area contributed by atoms with Crippen LogP contribution < -0.4 is 11.1 Å². The number of pyridine rings is 1. The fourth-order valence-corrected chi connectivity index (χ4v) is 2.41. The van der Waals surface area contributed by atoms with Crippen molar-refractivity contribution in [3.8, 4) is 0 Å². The van der Waals surface area contributed by atoms with Crippen LogP contribution in [0.3, 0.4) is 0 Å². The second-order valence-electron chi connectivity index (χ2n) is 4.45. The summed E-state index contributed by atoms with van der Waals surface area (Å²) in [6, 6.07) is 1.98. The van der Waals surface area contributed by atoms with Crippen molar-refractivity contribution < 1.29 is 4.79 Å². The summed E-state index contributed by atoms with van der Waals surface area (Å²) in [5.41, 5.74) is 9.19. The number of aryl methyl sites for hydroxylation is 2. The Kier molecular flexibility index (Phi) is 3.80. The molecule has 1 amide bonds. The molecule has 0 aromatic carbocycles. The van der Waals surface area contributed by atoms with E-state index >= 15 is 0 Å². The highest BCUT2D eigenvalue weighted by atomic mass is 32.1. The van der Waals surface area contributed by atoms with Gasteiger partial charge >= 0.3 is 0 Å². The maximum atomic E-state index is 10.8. The van der Waals surface area contributed by atoms with E-state index in [4.69, 9.17) is 5.73 Å². The van der Waals surface area contributed by atoms with Crippen molar-refractivity contribution in [2.75, 3.05) is 5.32 Å². The van der Waals surface area contributed by atoms with Crippen molar-refractivity contribution in [2.45, 2.75) is 27.2 Å². The molecule has 0 radical (unpaired) electrons. The van der Waals surface area contributed by atoms with Gasteiger partial charge in [0.15, 0.2) is 5.13 Å². The summed E-state index contributed by atoms with van der Waals surface area (Å²) in [5.74, 6) is 0.387. The minimum atomic E-state index is -0.378. The van der Waals surface area contributed by atoms with Crippen LogP contribution in [0.5, 0.6) is 0 Å². The number of amides is 1. The molecule has 2 heterocycles. The lowest BCUT2D eigenvalue weighted by Gasteiger charge is -2.08. The fourth-order valence-electron chi connectivity index (χ4n) is 1.69. The fraction of sp³-hybridized carbons (Fsp3) is 0.308. The van der Waals surface area contributed by atoms with E-state index in [1.54, 1.807) is 0 Å². The largest absolute Gasteiger partial charge is 0.369 e. The highest BCUT2D eigenvalue weighted by Crippen LogP contribution is 2.22. The average Bonchev–Trinajstić information content (AvgIpc) is 2.72. The van der Waals surface area contributed by atoms with Gasteiger partial charge in [-0.1, -0.05) is 0 Å². The summed E-state index contributed by atoms with van der Waals surface area (Å²) < 4.78 is 0. The molecule has 19 heavy (non-hydrogen) atoms. The summed E-state index contributed by atoms with van der Waals surface area (Å²) in [7, 11) is 0. The zero-order chi connectivity index (χ0) is 14.0. The zero-order valence-corrected chi connectivity index (χ0v) is 12.0. The number of thiazole rings is 1. The van der Waals surface area contributed by atoms with Gasteiger partial charge in [-0.05, 0) is 38.0 Å². The Morgan fingerprint density at radius 1 is 1.37 bits per heavy atom. The number of anilines is 2. The molecular formula is C13H16N4OS. The number of rotatable bonds is 4. The van der Waals surface area contributed by atoms with Gasteiger partial charge in [0.25, 0.3) is 0 Å². The van der Waals surface area contributed by atoms with E-state index in [1.165, 1.54) is 22.5 Å². The Hall–Kier alpha value is -1.95. The number of nitrogens with one attached hydrogen (secondary N) is 1. The third kappa shape index (κ3) is 3.29. The van der Waals surface area contributed by atoms with Crippen molar-refractivity contribution in [1.29, 1.82) is 0 Å². The molecule has 0 aliphatic rings. The summed E-state index contributed by atoms with van der Waals surface area (Å²) in [4.78, 5) is 19.6. The van der Waals surface area contributed by atoms with E-state index in [-0.39, 0.29) is 12.3 Å². The lowest BCUT2D eigenvalue weighted by Crippen LogP contribution is -2.13. The maximum absolute atomic E-state index is 10.8. The van der Waals surface area contributed by atoms with Crippen LogP contribution in [-0.2, 0) is 11.2 Å². The van der Waals surface area contributed by atoms with Crippen LogP contribution in [0.4, 0.5) is 10.9 Å². The molecular weight excluding hydrogens is 260 g/mol. The predicted octanol–water partition coefficient (Wildman–Crippen LogP) is 2.23. The molecule has 2 aromatic rings. The topological polar surface area (TPSA) is 80.9 Å². The average molecular weight is 276 g/mol. The van der Waals surface area contributed by atoms with Gasteiger partial charge < -0.3 is 11.1 Å². The van der Waals surface area contributed by atoms with E-state index in [2.05, 4.69) is 29.1 Å². The molecule has 0 atom stereocenters. The standard InChI is InChI=1S/C13H16N4OS/c1-7-4-12(15-9(3)8(7)2)17-13-16-10(6-19-13)5-11(14)18/h4,6H,5H2,1-3H3,(H2,14,18)(H,15,16,17). The minimum absolute atomic E-state index is 0.164. The smallest absolute Gasteiger partial charge is 0.223 e. The second kappa shape index (κ2) is 5.36. The van der Waals surface area contributed by atoms with Gasteiger partial charge in [-0.3, -0.25) is 4.79 Å². The molecule has 0 saturated carbocycles. The van der Waals surface area contributed by atoms with E-state index in [9.17, 15) is 4.79 Å². The Bertz CT molecular complexity index is 598. The summed E-state index contributed by atoms with van der Waals surface area (Å²) in [6.45, 7) is 6.08. The quantitative estimate of drug-likeness (QED) is 0.897. The number of primary amides is 1. The van der Waals surface area contributed by atoms with Crippen LogP contribution in [0.1, 0.15) is 22.5 Å². The normalized spacial score (nSPS) is 10.5. The summed E-state index contributed by atoms with van der Waals surface area (Å²) in [6.07, 6.45) is 0.164. The molecule has 0 bridgehead atoms. The molecule has 0 aliphatic carbocycles. The predicted molar refractivity (Wildman–Crippen MR) is 76.7 cm³/mol. The second-order valence-corrected chi connectivity index (χ2v) is 5.30. The Morgan fingerprint density at radius 3 is 2.74 bits per heavy atom. The lowest BCUT2D eigenvalue weighted by atomic mass is 10.1. The first-order valence-electron chi connectivity index (χ1n) is 5.90. The Morgan fingerprint density at radius 2 is 2.11 bits per heavy atom. The first kappa shape index (κ1) is 13.5. The number of hydrogen-bond acceptors (Lipinski definition) is 5. The van der Waals surface area contributed by atoms with Gasteiger partial charge in [0.2, 0.25) is 5.91 Å². The number of nitrogens with zero attached hydrogens (tertiary/aromatic N) is 2. The first-order valence-corrected chi connectivity index (χ1v) is 6.78. The third-order valence-electron chi connectivity index (χ3n) is 2.92. The van der Waals surface area contributed by atoms with Crippen molar-refractivity contribution in [2.24, 2.45) is 5.73 Å².